The second-order valence-electron chi connectivity index (χ2n) is 7.05. The summed E-state index contributed by atoms with van der Waals surface area (Å²) in [7, 11) is 2.00. The number of hydrogen-bond donors (Lipinski definition) is 0. The number of hydrogen-bond acceptors (Lipinski definition) is 3. The van der Waals surface area contributed by atoms with Crippen molar-refractivity contribution in [3.8, 4) is 11.4 Å². The minimum Gasteiger partial charge on any atom is -0.303 e. The van der Waals surface area contributed by atoms with E-state index in [0.29, 0.717) is 6.04 Å². The summed E-state index contributed by atoms with van der Waals surface area (Å²) >= 11 is 5.67. The number of nitrogens with zero attached hydrogens (tertiary/aromatic N) is 4. The van der Waals surface area contributed by atoms with Crippen molar-refractivity contribution in [2.24, 2.45) is 7.05 Å². The van der Waals surface area contributed by atoms with E-state index in [4.69, 9.17) is 17.3 Å². The van der Waals surface area contributed by atoms with Crippen molar-refractivity contribution in [1.29, 1.82) is 0 Å². The highest BCUT2D eigenvalue weighted by Gasteiger charge is 2.26. The maximum atomic E-state index is 5.67. The molecule has 1 atom stereocenters. The van der Waals surface area contributed by atoms with Crippen molar-refractivity contribution in [3.63, 3.8) is 0 Å². The average molecular weight is 365 g/mol. The molecule has 4 nitrogen and oxygen atoms in total. The van der Waals surface area contributed by atoms with E-state index >= 15 is 0 Å². The molecule has 5 heteroatoms. The van der Waals surface area contributed by atoms with Crippen LogP contribution in [0.3, 0.4) is 0 Å². The predicted molar refractivity (Wildman–Crippen MR) is 107 cm³/mol. The zero-order chi connectivity index (χ0) is 18.1. The van der Waals surface area contributed by atoms with E-state index in [9.17, 15) is 0 Å². The van der Waals surface area contributed by atoms with E-state index < -0.39 is 0 Å². The largest absolute Gasteiger partial charge is 0.303 e. The minimum absolute atomic E-state index is 0.447. The van der Waals surface area contributed by atoms with E-state index in [1.54, 1.807) is 0 Å². The van der Waals surface area contributed by atoms with E-state index in [-0.39, 0.29) is 0 Å². The Kier molecular flexibility index (Phi) is 4.74. The molecule has 134 valence electrons. The van der Waals surface area contributed by atoms with Crippen molar-refractivity contribution >= 4 is 12.2 Å². The summed E-state index contributed by atoms with van der Waals surface area (Å²) in [4.78, 5) is 2.48. The van der Waals surface area contributed by atoms with Crippen molar-refractivity contribution in [1.82, 2.24) is 19.2 Å². The van der Waals surface area contributed by atoms with Gasteiger partial charge in [0.25, 0.3) is 0 Å². The van der Waals surface area contributed by atoms with Crippen LogP contribution in [0.1, 0.15) is 30.0 Å². The molecule has 0 bridgehead atoms. The zero-order valence-electron chi connectivity index (χ0n) is 15.3. The lowest BCUT2D eigenvalue weighted by Crippen LogP contribution is -2.27. The molecule has 0 amide bonds. The van der Waals surface area contributed by atoms with E-state index in [0.717, 1.165) is 29.4 Å². The zero-order valence-corrected chi connectivity index (χ0v) is 16.1. The van der Waals surface area contributed by atoms with Crippen LogP contribution in [0.4, 0.5) is 0 Å². The predicted octanol–water partition coefficient (Wildman–Crippen LogP) is 4.72. The molecule has 2 aromatic carbocycles. The summed E-state index contributed by atoms with van der Waals surface area (Å²) in [6.07, 6.45) is 2.40. The Morgan fingerprint density at radius 3 is 2.54 bits per heavy atom. The summed E-state index contributed by atoms with van der Waals surface area (Å²) in [5.41, 5.74) is 3.73. The summed E-state index contributed by atoms with van der Waals surface area (Å²) in [6, 6.07) is 19.7. The van der Waals surface area contributed by atoms with Gasteiger partial charge in [0.2, 0.25) is 0 Å². The first kappa shape index (κ1) is 17.2. The molecule has 1 aliphatic heterocycles. The molecular formula is C21H24N4S. The van der Waals surface area contributed by atoms with E-state index in [2.05, 4.69) is 66.4 Å². The van der Waals surface area contributed by atoms with Gasteiger partial charge in [-0.3, -0.25) is 4.90 Å². The third-order valence-electron chi connectivity index (χ3n) is 5.21. The van der Waals surface area contributed by atoms with Crippen LogP contribution in [0.2, 0.25) is 0 Å². The molecule has 1 aromatic heterocycles. The molecule has 1 saturated heterocycles. The maximum Gasteiger partial charge on any atom is 0.199 e. The SMILES string of the molecule is Cc1ccc(-c2nn(CN3CCC[C@@H]3c3ccccc3)c(=S)n2C)cc1. The molecule has 3 aromatic rings. The van der Waals surface area contributed by atoms with Crippen molar-refractivity contribution < 1.29 is 0 Å². The standard InChI is InChI=1S/C21H24N4S/c1-16-10-12-18(13-11-16)20-22-25(21(26)23(20)2)15-24-14-6-9-19(24)17-7-4-3-5-8-17/h3-5,7-8,10-13,19H,6,9,14-15H2,1-2H3/t19-/m1/s1. The Morgan fingerprint density at radius 1 is 1.08 bits per heavy atom. The number of aryl methyl sites for hydroxylation is 1. The monoisotopic (exact) mass is 364 g/mol. The van der Waals surface area contributed by atoms with Crippen molar-refractivity contribution in [3.05, 3.63) is 70.5 Å². The molecule has 0 saturated carbocycles. The summed E-state index contributed by atoms with van der Waals surface area (Å²) in [5, 5.41) is 4.83. The van der Waals surface area contributed by atoms with Gasteiger partial charge >= 0.3 is 0 Å². The first-order valence-corrected chi connectivity index (χ1v) is 9.54. The average Bonchev–Trinajstić information content (AvgIpc) is 3.24. The van der Waals surface area contributed by atoms with Crippen LogP contribution < -0.4 is 0 Å². The van der Waals surface area contributed by atoms with Crippen LogP contribution in [0.5, 0.6) is 0 Å². The lowest BCUT2D eigenvalue weighted by molar-refractivity contribution is 0.190. The van der Waals surface area contributed by atoms with Gasteiger partial charge in [-0.25, -0.2) is 4.68 Å². The van der Waals surface area contributed by atoms with E-state index in [1.807, 2.05) is 16.3 Å². The third-order valence-corrected chi connectivity index (χ3v) is 5.70. The van der Waals surface area contributed by atoms with Crippen LogP contribution in [0.25, 0.3) is 11.4 Å². The Balaban J connectivity index is 1.61. The number of rotatable bonds is 4. The van der Waals surface area contributed by atoms with E-state index in [1.165, 1.54) is 24.0 Å². The van der Waals surface area contributed by atoms with Crippen molar-refractivity contribution in [2.75, 3.05) is 6.54 Å². The number of likely N-dealkylation sites (tertiary alicyclic amines) is 1. The molecular weight excluding hydrogens is 340 g/mol. The van der Waals surface area contributed by atoms with Gasteiger partial charge in [0.05, 0.1) is 6.67 Å². The second-order valence-corrected chi connectivity index (χ2v) is 7.42. The molecule has 0 spiro atoms. The summed E-state index contributed by atoms with van der Waals surface area (Å²) in [5.74, 6) is 0.922. The summed E-state index contributed by atoms with van der Waals surface area (Å²) < 4.78 is 4.73. The molecule has 1 aliphatic rings. The maximum absolute atomic E-state index is 5.67. The van der Waals surface area contributed by atoms with Crippen LogP contribution in [-0.2, 0) is 13.7 Å². The minimum atomic E-state index is 0.447. The Labute approximate surface area is 159 Å². The Bertz CT molecular complexity index is 940. The fourth-order valence-electron chi connectivity index (χ4n) is 3.75. The lowest BCUT2D eigenvalue weighted by atomic mass is 10.1. The molecule has 0 aliphatic carbocycles. The first-order chi connectivity index (χ1) is 12.6. The fourth-order valence-corrected chi connectivity index (χ4v) is 3.94. The molecule has 0 unspecified atom stereocenters. The molecule has 4 rings (SSSR count). The lowest BCUT2D eigenvalue weighted by Gasteiger charge is -2.24. The van der Waals surface area contributed by atoms with Crippen LogP contribution in [0.15, 0.2) is 54.6 Å². The first-order valence-electron chi connectivity index (χ1n) is 9.13. The highest BCUT2D eigenvalue weighted by Crippen LogP contribution is 2.32. The molecule has 26 heavy (non-hydrogen) atoms. The third kappa shape index (κ3) is 3.24. The number of benzene rings is 2. The molecule has 2 heterocycles. The highest BCUT2D eigenvalue weighted by atomic mass is 32.1. The van der Waals surface area contributed by atoms with Gasteiger partial charge in [-0.2, -0.15) is 5.10 Å². The van der Waals surface area contributed by atoms with Gasteiger partial charge in [0.15, 0.2) is 10.6 Å². The van der Waals surface area contributed by atoms with Crippen LogP contribution in [-0.4, -0.2) is 25.8 Å². The highest BCUT2D eigenvalue weighted by molar-refractivity contribution is 7.71. The smallest absolute Gasteiger partial charge is 0.199 e. The van der Waals surface area contributed by atoms with Crippen LogP contribution >= 0.6 is 12.2 Å². The fraction of sp³-hybridized carbons (Fsp3) is 0.333. The quantitative estimate of drug-likeness (QED) is 0.627. The molecule has 1 fully saturated rings. The van der Waals surface area contributed by atoms with Gasteiger partial charge in [-0.05, 0) is 37.5 Å². The molecule has 0 radical (unpaired) electrons. The van der Waals surface area contributed by atoms with Gasteiger partial charge in [-0.15, -0.1) is 0 Å². The second kappa shape index (κ2) is 7.17. The summed E-state index contributed by atoms with van der Waals surface area (Å²) in [6.45, 7) is 3.91. The van der Waals surface area contributed by atoms with Gasteiger partial charge in [-0.1, -0.05) is 60.2 Å². The Morgan fingerprint density at radius 2 is 1.81 bits per heavy atom. The van der Waals surface area contributed by atoms with Gasteiger partial charge in [0, 0.05) is 25.2 Å². The Hall–Kier alpha value is -2.24. The van der Waals surface area contributed by atoms with Crippen molar-refractivity contribution in [2.45, 2.75) is 32.5 Å². The topological polar surface area (TPSA) is 26.0 Å². The van der Waals surface area contributed by atoms with Crippen LogP contribution in [0, 0.1) is 11.7 Å². The number of aromatic nitrogens is 3. The van der Waals surface area contributed by atoms with Gasteiger partial charge < -0.3 is 4.57 Å². The molecule has 0 N–H and O–H groups in total. The van der Waals surface area contributed by atoms with Gasteiger partial charge in [0.1, 0.15) is 0 Å². The normalized spacial score (nSPS) is 17.7.